The SMILES string of the molecule is C[C@@H]1C[C@@H](C)CN(CCCNC(=O)c2cccc(N(C)S(=O)(=O)c3ccccc3)c2)C1. The standard InChI is InChI=1S/C24H33N3O3S/c1-19-15-20(2)18-27(17-19)14-8-13-25-24(28)21-9-7-10-22(16-21)26(3)31(29,30)23-11-5-4-6-12-23/h4-7,9-12,16,19-20H,8,13-15,17-18H2,1-3H3,(H,25,28)/t19-,20-/m1/s1. The summed E-state index contributed by atoms with van der Waals surface area (Å²) in [6, 6.07) is 15.0. The molecule has 31 heavy (non-hydrogen) atoms. The van der Waals surface area contributed by atoms with Crippen molar-refractivity contribution in [1.82, 2.24) is 10.2 Å². The number of anilines is 1. The molecule has 6 nitrogen and oxygen atoms in total. The maximum Gasteiger partial charge on any atom is 0.264 e. The number of rotatable bonds is 8. The molecule has 1 saturated heterocycles. The first-order chi connectivity index (χ1) is 14.8. The van der Waals surface area contributed by atoms with E-state index < -0.39 is 10.0 Å². The minimum atomic E-state index is -3.68. The van der Waals surface area contributed by atoms with Crippen LogP contribution >= 0.6 is 0 Å². The number of nitrogens with one attached hydrogen (secondary N) is 1. The van der Waals surface area contributed by atoms with Gasteiger partial charge in [0.25, 0.3) is 15.9 Å². The molecule has 3 rings (SSSR count). The van der Waals surface area contributed by atoms with Crippen molar-refractivity contribution >= 4 is 21.6 Å². The molecular weight excluding hydrogens is 410 g/mol. The summed E-state index contributed by atoms with van der Waals surface area (Å²) in [5.74, 6) is 1.27. The van der Waals surface area contributed by atoms with Crippen LogP contribution in [0.3, 0.4) is 0 Å². The summed E-state index contributed by atoms with van der Waals surface area (Å²) in [7, 11) is -2.18. The second kappa shape index (κ2) is 10.3. The van der Waals surface area contributed by atoms with Crippen molar-refractivity contribution in [3.8, 4) is 0 Å². The van der Waals surface area contributed by atoms with Gasteiger partial charge in [0.1, 0.15) is 0 Å². The molecule has 0 bridgehead atoms. The Labute approximate surface area is 186 Å². The molecule has 0 spiro atoms. The Morgan fingerprint density at radius 3 is 2.42 bits per heavy atom. The van der Waals surface area contributed by atoms with Crippen LogP contribution in [0, 0.1) is 11.8 Å². The van der Waals surface area contributed by atoms with Crippen molar-refractivity contribution < 1.29 is 13.2 Å². The van der Waals surface area contributed by atoms with Crippen LogP contribution in [0.4, 0.5) is 5.69 Å². The summed E-state index contributed by atoms with van der Waals surface area (Å²) < 4.78 is 26.9. The fraction of sp³-hybridized carbons (Fsp3) is 0.458. The lowest BCUT2D eigenvalue weighted by molar-refractivity contribution is 0.0947. The normalized spacial score (nSPS) is 19.7. The van der Waals surface area contributed by atoms with E-state index in [1.165, 1.54) is 17.8 Å². The molecule has 1 aliphatic rings. The molecule has 1 aliphatic heterocycles. The van der Waals surface area contributed by atoms with E-state index in [9.17, 15) is 13.2 Å². The number of hydrogen-bond donors (Lipinski definition) is 1. The molecular formula is C24H33N3O3S. The van der Waals surface area contributed by atoms with Crippen LogP contribution < -0.4 is 9.62 Å². The molecule has 2 atom stereocenters. The van der Waals surface area contributed by atoms with Crippen molar-refractivity contribution in [2.75, 3.05) is 37.5 Å². The smallest absolute Gasteiger partial charge is 0.264 e. The molecule has 0 aliphatic carbocycles. The molecule has 1 heterocycles. The van der Waals surface area contributed by atoms with Crippen LogP contribution in [0.2, 0.25) is 0 Å². The predicted molar refractivity (Wildman–Crippen MR) is 125 cm³/mol. The molecule has 0 radical (unpaired) electrons. The van der Waals surface area contributed by atoms with Crippen LogP contribution in [0.25, 0.3) is 0 Å². The third kappa shape index (κ3) is 6.08. The van der Waals surface area contributed by atoms with Gasteiger partial charge in [0.15, 0.2) is 0 Å². The van der Waals surface area contributed by atoms with Gasteiger partial charge in [-0.15, -0.1) is 0 Å². The number of benzene rings is 2. The minimum Gasteiger partial charge on any atom is -0.352 e. The van der Waals surface area contributed by atoms with Gasteiger partial charge in [-0.2, -0.15) is 0 Å². The summed E-state index contributed by atoms with van der Waals surface area (Å²) in [4.78, 5) is 15.3. The largest absolute Gasteiger partial charge is 0.352 e. The van der Waals surface area contributed by atoms with E-state index in [1.807, 2.05) is 0 Å². The molecule has 168 valence electrons. The second-order valence-corrected chi connectivity index (χ2v) is 10.6. The molecule has 0 aromatic heterocycles. The van der Waals surface area contributed by atoms with Crippen molar-refractivity contribution in [3.63, 3.8) is 0 Å². The molecule has 0 unspecified atom stereocenters. The second-order valence-electron chi connectivity index (χ2n) is 8.65. The highest BCUT2D eigenvalue weighted by atomic mass is 32.2. The van der Waals surface area contributed by atoms with E-state index in [0.29, 0.717) is 17.8 Å². The quantitative estimate of drug-likeness (QED) is 0.633. The minimum absolute atomic E-state index is 0.187. The molecule has 2 aromatic carbocycles. The highest BCUT2D eigenvalue weighted by molar-refractivity contribution is 7.92. The molecule has 7 heteroatoms. The van der Waals surface area contributed by atoms with E-state index in [1.54, 1.807) is 54.6 Å². The van der Waals surface area contributed by atoms with Gasteiger partial charge in [0.05, 0.1) is 10.6 Å². The summed E-state index contributed by atoms with van der Waals surface area (Å²) in [5, 5.41) is 2.96. The fourth-order valence-corrected chi connectivity index (χ4v) is 5.52. The average molecular weight is 444 g/mol. The number of carbonyl (C=O) groups excluding carboxylic acids is 1. The number of sulfonamides is 1. The van der Waals surface area contributed by atoms with E-state index in [4.69, 9.17) is 0 Å². The van der Waals surface area contributed by atoms with Crippen LogP contribution in [0.5, 0.6) is 0 Å². The lowest BCUT2D eigenvalue weighted by atomic mass is 9.92. The predicted octanol–water partition coefficient (Wildman–Crippen LogP) is 3.61. The topological polar surface area (TPSA) is 69.7 Å². The number of amides is 1. The van der Waals surface area contributed by atoms with Crippen LogP contribution in [0.1, 0.15) is 37.0 Å². The molecule has 1 fully saturated rings. The van der Waals surface area contributed by atoms with Gasteiger partial charge in [0.2, 0.25) is 0 Å². The number of nitrogens with zero attached hydrogens (tertiary/aromatic N) is 2. The first-order valence-electron chi connectivity index (χ1n) is 10.9. The molecule has 2 aromatic rings. The average Bonchev–Trinajstić information content (AvgIpc) is 2.76. The summed E-state index contributed by atoms with van der Waals surface area (Å²) in [6.45, 7) is 8.43. The Morgan fingerprint density at radius 2 is 1.74 bits per heavy atom. The molecule has 1 amide bonds. The zero-order chi connectivity index (χ0) is 22.4. The van der Waals surface area contributed by atoms with Crippen LogP contribution in [0.15, 0.2) is 59.5 Å². The van der Waals surface area contributed by atoms with Gasteiger partial charge >= 0.3 is 0 Å². The van der Waals surface area contributed by atoms with Crippen molar-refractivity contribution in [2.24, 2.45) is 11.8 Å². The third-order valence-corrected chi connectivity index (χ3v) is 7.55. The lowest BCUT2D eigenvalue weighted by Gasteiger charge is -2.34. The Hall–Kier alpha value is -2.38. The van der Waals surface area contributed by atoms with Gasteiger partial charge in [0, 0.05) is 32.2 Å². The zero-order valence-electron chi connectivity index (χ0n) is 18.6. The van der Waals surface area contributed by atoms with Crippen molar-refractivity contribution in [1.29, 1.82) is 0 Å². The van der Waals surface area contributed by atoms with E-state index >= 15 is 0 Å². The first kappa shape index (κ1) is 23.3. The van der Waals surface area contributed by atoms with E-state index in [2.05, 4.69) is 24.1 Å². The lowest BCUT2D eigenvalue weighted by Crippen LogP contribution is -2.40. The van der Waals surface area contributed by atoms with Crippen molar-refractivity contribution in [3.05, 3.63) is 60.2 Å². The summed E-state index contributed by atoms with van der Waals surface area (Å²) in [5.41, 5.74) is 0.903. The third-order valence-electron chi connectivity index (χ3n) is 5.75. The number of piperidine rings is 1. The highest BCUT2D eigenvalue weighted by Crippen LogP contribution is 2.23. The molecule has 1 N–H and O–H groups in total. The van der Waals surface area contributed by atoms with E-state index in [-0.39, 0.29) is 10.8 Å². The molecule has 0 saturated carbocycles. The zero-order valence-corrected chi connectivity index (χ0v) is 19.4. The highest BCUT2D eigenvalue weighted by Gasteiger charge is 2.22. The maximum atomic E-state index is 12.8. The van der Waals surface area contributed by atoms with Gasteiger partial charge in [-0.3, -0.25) is 9.10 Å². The van der Waals surface area contributed by atoms with Crippen LogP contribution in [-0.4, -0.2) is 52.5 Å². The monoisotopic (exact) mass is 443 g/mol. The Morgan fingerprint density at radius 1 is 1.06 bits per heavy atom. The van der Waals surface area contributed by atoms with Crippen molar-refractivity contribution in [2.45, 2.75) is 31.6 Å². The Balaban J connectivity index is 1.56. The van der Waals surface area contributed by atoms with Crippen LogP contribution in [-0.2, 0) is 10.0 Å². The maximum absolute atomic E-state index is 12.8. The van der Waals surface area contributed by atoms with Gasteiger partial charge in [-0.25, -0.2) is 8.42 Å². The van der Waals surface area contributed by atoms with Gasteiger partial charge < -0.3 is 10.2 Å². The Kier molecular flexibility index (Phi) is 7.73. The number of hydrogen-bond acceptors (Lipinski definition) is 4. The summed E-state index contributed by atoms with van der Waals surface area (Å²) in [6.07, 6.45) is 2.19. The van der Waals surface area contributed by atoms with Gasteiger partial charge in [-0.1, -0.05) is 38.1 Å². The first-order valence-corrected chi connectivity index (χ1v) is 12.4. The Bertz CT molecular complexity index is 969. The van der Waals surface area contributed by atoms with Gasteiger partial charge in [-0.05, 0) is 61.6 Å². The summed E-state index contributed by atoms with van der Waals surface area (Å²) >= 11 is 0. The number of likely N-dealkylation sites (tertiary alicyclic amines) is 1. The van der Waals surface area contributed by atoms with E-state index in [0.717, 1.165) is 37.9 Å². The number of carbonyl (C=O) groups is 1. The fourth-order valence-electron chi connectivity index (χ4n) is 4.31.